The van der Waals surface area contributed by atoms with Crippen molar-refractivity contribution < 1.29 is 28.9 Å². The molecule has 1 amide bonds. The molecule has 0 spiro atoms. The van der Waals surface area contributed by atoms with Gasteiger partial charge in [0.2, 0.25) is 0 Å². The minimum atomic E-state index is -1.14. The van der Waals surface area contributed by atoms with Crippen LogP contribution < -0.4 is 19.6 Å². The Balaban J connectivity index is 2.02. The van der Waals surface area contributed by atoms with E-state index in [4.69, 9.17) is 30.9 Å². The lowest BCUT2D eigenvalue weighted by atomic mass is 10.2. The molecule has 0 saturated carbocycles. The van der Waals surface area contributed by atoms with Crippen LogP contribution in [0, 0.1) is 0 Å². The maximum Gasteiger partial charge on any atom is 0.341 e. The number of carbonyl (C=O) groups is 2. The predicted octanol–water partition coefficient (Wildman–Crippen LogP) is 3.36. The number of halogens is 1. The minimum Gasteiger partial charge on any atom is -0.494 e. The quantitative estimate of drug-likeness (QED) is 0.451. The first-order valence-corrected chi connectivity index (χ1v) is 9.10. The number of hydrazone groups is 1. The molecule has 2 rings (SSSR count). The van der Waals surface area contributed by atoms with E-state index in [0.717, 1.165) is 6.42 Å². The Labute approximate surface area is 173 Å². The molecule has 0 aromatic heterocycles. The third-order valence-corrected chi connectivity index (χ3v) is 3.84. The Hall–Kier alpha value is -3.26. The van der Waals surface area contributed by atoms with Gasteiger partial charge in [-0.25, -0.2) is 10.2 Å². The second kappa shape index (κ2) is 10.9. The maximum atomic E-state index is 12.2. The molecule has 29 heavy (non-hydrogen) atoms. The summed E-state index contributed by atoms with van der Waals surface area (Å²) in [7, 11) is 1.40. The van der Waals surface area contributed by atoms with Gasteiger partial charge in [0.1, 0.15) is 5.75 Å². The molecule has 0 unspecified atom stereocenters. The van der Waals surface area contributed by atoms with Gasteiger partial charge in [-0.15, -0.1) is 0 Å². The number of hydrogen-bond acceptors (Lipinski definition) is 6. The number of nitrogens with one attached hydrogen (secondary N) is 1. The molecule has 2 N–H and O–H groups in total. The van der Waals surface area contributed by atoms with E-state index in [1.807, 2.05) is 6.92 Å². The number of benzene rings is 2. The first kappa shape index (κ1) is 22.0. The molecule has 0 aliphatic heterocycles. The van der Waals surface area contributed by atoms with Gasteiger partial charge in [-0.2, -0.15) is 5.10 Å². The smallest absolute Gasteiger partial charge is 0.341 e. The average Bonchev–Trinajstić information content (AvgIpc) is 2.71. The molecule has 154 valence electrons. The lowest BCUT2D eigenvalue weighted by molar-refractivity contribution is -0.139. The van der Waals surface area contributed by atoms with Crippen LogP contribution in [0.5, 0.6) is 17.2 Å². The number of carboxylic acids is 1. The molecule has 2 aromatic carbocycles. The summed E-state index contributed by atoms with van der Waals surface area (Å²) in [5.41, 5.74) is 3.37. The van der Waals surface area contributed by atoms with Crippen molar-refractivity contribution in [2.45, 2.75) is 13.3 Å². The van der Waals surface area contributed by atoms with Crippen LogP contribution in [0.1, 0.15) is 29.3 Å². The van der Waals surface area contributed by atoms with Crippen molar-refractivity contribution in [2.75, 3.05) is 20.3 Å². The van der Waals surface area contributed by atoms with E-state index in [1.54, 1.807) is 30.3 Å². The van der Waals surface area contributed by atoms with E-state index in [-0.39, 0.29) is 22.4 Å². The highest BCUT2D eigenvalue weighted by Gasteiger charge is 2.13. The number of amides is 1. The van der Waals surface area contributed by atoms with Gasteiger partial charge in [0.15, 0.2) is 18.1 Å². The highest BCUT2D eigenvalue weighted by Crippen LogP contribution is 2.36. The minimum absolute atomic E-state index is 0.114. The van der Waals surface area contributed by atoms with Crippen LogP contribution in [-0.4, -0.2) is 43.5 Å². The van der Waals surface area contributed by atoms with Gasteiger partial charge >= 0.3 is 5.97 Å². The summed E-state index contributed by atoms with van der Waals surface area (Å²) in [4.78, 5) is 22.8. The average molecular weight is 421 g/mol. The van der Waals surface area contributed by atoms with Crippen LogP contribution in [0.25, 0.3) is 0 Å². The molecule has 0 fully saturated rings. The summed E-state index contributed by atoms with van der Waals surface area (Å²) in [6, 6.07) is 9.79. The van der Waals surface area contributed by atoms with Gasteiger partial charge in [-0.1, -0.05) is 18.5 Å². The summed E-state index contributed by atoms with van der Waals surface area (Å²) < 4.78 is 15.8. The van der Waals surface area contributed by atoms with E-state index in [1.165, 1.54) is 19.4 Å². The van der Waals surface area contributed by atoms with E-state index < -0.39 is 12.6 Å². The SMILES string of the molecule is CCCOc1ccc(C(=O)N/N=C/c2cc(Cl)c(OCC(=O)O)c(OC)c2)cc1. The van der Waals surface area contributed by atoms with E-state index >= 15 is 0 Å². The Bertz CT molecular complexity index is 883. The zero-order valence-electron chi connectivity index (χ0n) is 16.0. The van der Waals surface area contributed by atoms with Crippen molar-refractivity contribution in [1.29, 1.82) is 0 Å². The molecule has 0 aliphatic rings. The number of carbonyl (C=O) groups excluding carboxylic acids is 1. The van der Waals surface area contributed by atoms with Crippen molar-refractivity contribution in [1.82, 2.24) is 5.43 Å². The molecule has 8 nitrogen and oxygen atoms in total. The van der Waals surface area contributed by atoms with Crippen molar-refractivity contribution >= 4 is 29.7 Å². The molecular weight excluding hydrogens is 400 g/mol. The Morgan fingerprint density at radius 2 is 1.93 bits per heavy atom. The third-order valence-electron chi connectivity index (χ3n) is 3.56. The summed E-state index contributed by atoms with van der Waals surface area (Å²) in [6.45, 7) is 2.07. The fraction of sp³-hybridized carbons (Fsp3) is 0.250. The highest BCUT2D eigenvalue weighted by atomic mass is 35.5. The molecule has 0 atom stereocenters. The molecule has 0 radical (unpaired) electrons. The molecule has 9 heteroatoms. The van der Waals surface area contributed by atoms with Crippen LogP contribution in [0.4, 0.5) is 0 Å². The van der Waals surface area contributed by atoms with Crippen LogP contribution in [-0.2, 0) is 4.79 Å². The summed E-state index contributed by atoms with van der Waals surface area (Å²) in [5.74, 6) is -0.472. The lowest BCUT2D eigenvalue weighted by Crippen LogP contribution is -2.17. The molecule has 0 saturated heterocycles. The van der Waals surface area contributed by atoms with Crippen molar-refractivity contribution in [2.24, 2.45) is 5.10 Å². The monoisotopic (exact) mass is 420 g/mol. The maximum absolute atomic E-state index is 12.2. The number of aliphatic carboxylic acids is 1. The largest absolute Gasteiger partial charge is 0.494 e. The number of carboxylic acid groups (broad SMARTS) is 1. The fourth-order valence-electron chi connectivity index (χ4n) is 2.24. The third kappa shape index (κ3) is 6.69. The number of ether oxygens (including phenoxy) is 3. The van der Waals surface area contributed by atoms with E-state index in [2.05, 4.69) is 10.5 Å². The first-order chi connectivity index (χ1) is 13.9. The molecule has 0 bridgehead atoms. The highest BCUT2D eigenvalue weighted by molar-refractivity contribution is 6.32. The number of hydrogen-bond donors (Lipinski definition) is 2. The summed E-state index contributed by atoms with van der Waals surface area (Å²) in [6.07, 6.45) is 2.28. The van der Waals surface area contributed by atoms with Crippen LogP contribution >= 0.6 is 11.6 Å². The number of methoxy groups -OCH3 is 1. The first-order valence-electron chi connectivity index (χ1n) is 8.73. The molecule has 0 aliphatic carbocycles. The van der Waals surface area contributed by atoms with Gasteiger partial charge < -0.3 is 19.3 Å². The number of nitrogens with zero attached hydrogens (tertiary/aromatic N) is 1. The van der Waals surface area contributed by atoms with Crippen LogP contribution in [0.3, 0.4) is 0 Å². The van der Waals surface area contributed by atoms with Crippen LogP contribution in [0.2, 0.25) is 5.02 Å². The van der Waals surface area contributed by atoms with Crippen molar-refractivity contribution in [3.63, 3.8) is 0 Å². The normalized spacial score (nSPS) is 10.6. The zero-order valence-corrected chi connectivity index (χ0v) is 16.7. The van der Waals surface area contributed by atoms with Gasteiger partial charge in [-0.05, 0) is 48.4 Å². The molecule has 2 aromatic rings. The topological polar surface area (TPSA) is 106 Å². The second-order valence-electron chi connectivity index (χ2n) is 5.79. The Kier molecular flexibility index (Phi) is 8.29. The van der Waals surface area contributed by atoms with Gasteiger partial charge in [0.25, 0.3) is 5.91 Å². The zero-order chi connectivity index (χ0) is 21.2. The van der Waals surface area contributed by atoms with Crippen LogP contribution in [0.15, 0.2) is 41.5 Å². The Morgan fingerprint density at radius 1 is 1.21 bits per heavy atom. The van der Waals surface area contributed by atoms with Gasteiger partial charge in [0.05, 0.1) is 25.0 Å². The molecule has 0 heterocycles. The van der Waals surface area contributed by atoms with E-state index in [0.29, 0.717) is 23.5 Å². The standard InChI is InChI=1S/C20H21ClN2O6/c1-3-8-28-15-6-4-14(5-7-15)20(26)23-22-11-13-9-16(21)19(17(10-13)27-2)29-12-18(24)25/h4-7,9-11H,3,8,12H2,1-2H3,(H,23,26)(H,24,25)/b22-11+. The van der Waals surface area contributed by atoms with Gasteiger partial charge in [0, 0.05) is 5.56 Å². The Morgan fingerprint density at radius 3 is 2.55 bits per heavy atom. The van der Waals surface area contributed by atoms with Crippen molar-refractivity contribution in [3.8, 4) is 17.2 Å². The van der Waals surface area contributed by atoms with Crippen molar-refractivity contribution in [3.05, 3.63) is 52.5 Å². The fourth-order valence-corrected chi connectivity index (χ4v) is 2.51. The summed E-state index contributed by atoms with van der Waals surface area (Å²) in [5, 5.41) is 12.8. The number of rotatable bonds is 10. The van der Waals surface area contributed by atoms with Gasteiger partial charge in [-0.3, -0.25) is 4.79 Å². The second-order valence-corrected chi connectivity index (χ2v) is 6.20. The molecular formula is C20H21ClN2O6. The summed E-state index contributed by atoms with van der Waals surface area (Å²) >= 11 is 6.13. The predicted molar refractivity (Wildman–Crippen MR) is 108 cm³/mol. The lowest BCUT2D eigenvalue weighted by Gasteiger charge is -2.11. The van der Waals surface area contributed by atoms with E-state index in [9.17, 15) is 9.59 Å².